The number of carboxylic acid groups (broad SMARTS) is 1. The largest absolute Gasteiger partial charge is 1.00 e. The van der Waals surface area contributed by atoms with Gasteiger partial charge < -0.3 is 35.6 Å². The SMILES string of the molecule is NCC(=O)O.O=P([O-])([O-])O.[Na+].[Na+].[Na+].[OH-]. The van der Waals surface area contributed by atoms with Crippen LogP contribution >= 0.6 is 7.82 Å². The fourth-order valence-corrected chi connectivity index (χ4v) is 0. The van der Waals surface area contributed by atoms with Crippen molar-refractivity contribution in [3.8, 4) is 0 Å². The fourth-order valence-electron chi connectivity index (χ4n) is 0. The molecular formula is C2H7NNa3O7P. The van der Waals surface area contributed by atoms with Crippen LogP contribution in [0.15, 0.2) is 0 Å². The molecule has 0 aromatic carbocycles. The summed E-state index contributed by atoms with van der Waals surface area (Å²) in [6.45, 7) is -0.278. The van der Waals surface area contributed by atoms with Crippen molar-refractivity contribution in [1.82, 2.24) is 0 Å². The maximum absolute atomic E-state index is 9.24. The zero-order valence-electron chi connectivity index (χ0n) is 8.21. The van der Waals surface area contributed by atoms with Crippen LogP contribution in [0.3, 0.4) is 0 Å². The van der Waals surface area contributed by atoms with Gasteiger partial charge in [0.1, 0.15) is 0 Å². The molecule has 0 spiro atoms. The van der Waals surface area contributed by atoms with Gasteiger partial charge >= 0.3 is 94.6 Å². The Morgan fingerprint density at radius 1 is 1.29 bits per heavy atom. The van der Waals surface area contributed by atoms with E-state index >= 15 is 0 Å². The van der Waals surface area contributed by atoms with Crippen molar-refractivity contribution >= 4 is 13.8 Å². The molecule has 0 aromatic rings. The molecule has 0 aliphatic heterocycles. The number of hydrogen-bond donors (Lipinski definition) is 3. The van der Waals surface area contributed by atoms with Crippen LogP contribution in [0.2, 0.25) is 0 Å². The Kier molecular flexibility index (Phi) is 53.6. The van der Waals surface area contributed by atoms with E-state index in [4.69, 9.17) is 24.4 Å². The van der Waals surface area contributed by atoms with E-state index in [1.807, 2.05) is 0 Å². The minimum absolute atomic E-state index is 0. The number of carboxylic acids is 1. The summed E-state index contributed by atoms with van der Waals surface area (Å²) in [4.78, 5) is 33.5. The molecule has 0 amide bonds. The molecular weight excluding hydrogens is 250 g/mol. The summed E-state index contributed by atoms with van der Waals surface area (Å²) >= 11 is 0. The third kappa shape index (κ3) is 130. The van der Waals surface area contributed by atoms with E-state index in [2.05, 4.69) is 5.73 Å². The predicted octanol–water partition coefficient (Wildman–Crippen LogP) is -12.3. The molecule has 0 heterocycles. The molecule has 0 atom stereocenters. The van der Waals surface area contributed by atoms with Gasteiger partial charge in [-0.1, -0.05) is 0 Å². The van der Waals surface area contributed by atoms with Crippen molar-refractivity contribution in [2.24, 2.45) is 5.73 Å². The topological polar surface area (TPSA) is 177 Å². The van der Waals surface area contributed by atoms with Gasteiger partial charge in [0.15, 0.2) is 0 Å². The monoisotopic (exact) mass is 257 g/mol. The molecule has 14 heavy (non-hydrogen) atoms. The number of hydrogen-bond acceptors (Lipinski definition) is 6. The van der Waals surface area contributed by atoms with Gasteiger partial charge in [-0.2, -0.15) is 0 Å². The summed E-state index contributed by atoms with van der Waals surface area (Å²) in [5, 5.41) is 7.60. The third-order valence-electron chi connectivity index (χ3n) is 0.175. The van der Waals surface area contributed by atoms with Crippen LogP contribution < -0.4 is 104 Å². The molecule has 0 fully saturated rings. The van der Waals surface area contributed by atoms with Gasteiger partial charge in [-0.05, 0) is 0 Å². The summed E-state index contributed by atoms with van der Waals surface area (Å²) in [7, 11) is -5.14. The predicted molar refractivity (Wildman–Crippen MR) is 28.5 cm³/mol. The first-order chi connectivity index (χ1) is 4.27. The first-order valence-electron chi connectivity index (χ1n) is 1.94. The Labute approximate surface area is 147 Å². The summed E-state index contributed by atoms with van der Waals surface area (Å²) in [6.07, 6.45) is 0. The van der Waals surface area contributed by atoms with E-state index in [9.17, 15) is 4.79 Å². The second-order valence-corrected chi connectivity index (χ2v) is 2.00. The minimum atomic E-state index is -5.14. The van der Waals surface area contributed by atoms with Crippen LogP contribution in [0.5, 0.6) is 0 Å². The molecule has 12 heteroatoms. The maximum Gasteiger partial charge on any atom is 1.00 e. The molecule has 0 radical (unpaired) electrons. The van der Waals surface area contributed by atoms with Gasteiger partial charge in [-0.3, -0.25) is 4.79 Å². The summed E-state index contributed by atoms with van der Waals surface area (Å²) < 4.78 is 8.66. The van der Waals surface area contributed by atoms with Gasteiger partial charge in [0, 0.05) is 0 Å². The minimum Gasteiger partial charge on any atom is -0.870 e. The zero-order valence-corrected chi connectivity index (χ0v) is 15.1. The molecule has 0 unspecified atom stereocenters. The molecule has 0 saturated carbocycles. The van der Waals surface area contributed by atoms with Gasteiger partial charge in [-0.15, -0.1) is 0 Å². The van der Waals surface area contributed by atoms with E-state index in [0.29, 0.717) is 0 Å². The van der Waals surface area contributed by atoms with Crippen molar-refractivity contribution in [3.63, 3.8) is 0 Å². The molecule has 8 nitrogen and oxygen atoms in total. The quantitative estimate of drug-likeness (QED) is 0.306. The van der Waals surface area contributed by atoms with E-state index in [0.717, 1.165) is 0 Å². The van der Waals surface area contributed by atoms with Gasteiger partial charge in [0.25, 0.3) is 0 Å². The van der Waals surface area contributed by atoms with E-state index in [1.165, 1.54) is 0 Å². The normalized spacial score (nSPS) is 6.86. The Hall–Kier alpha value is 2.50. The van der Waals surface area contributed by atoms with Crippen LogP contribution in [0.4, 0.5) is 0 Å². The average Bonchev–Trinajstić information content (AvgIpc) is 1.61. The Morgan fingerprint density at radius 3 is 1.36 bits per heavy atom. The number of nitrogens with two attached hydrogens (primary N) is 1. The second-order valence-electron chi connectivity index (χ2n) is 1.07. The molecule has 0 aliphatic carbocycles. The molecule has 0 aliphatic rings. The first kappa shape index (κ1) is 36.0. The van der Waals surface area contributed by atoms with Crippen LogP contribution in [-0.4, -0.2) is 28.0 Å². The number of rotatable bonds is 1. The molecule has 0 saturated heterocycles. The fraction of sp³-hybridized carbons (Fsp3) is 0.500. The third-order valence-corrected chi connectivity index (χ3v) is 0.175. The van der Waals surface area contributed by atoms with Gasteiger partial charge in [-0.25, -0.2) is 0 Å². The van der Waals surface area contributed by atoms with Crippen molar-refractivity contribution in [3.05, 3.63) is 0 Å². The number of aliphatic carboxylic acids is 1. The zero-order chi connectivity index (χ0) is 8.78. The first-order valence-corrected chi connectivity index (χ1v) is 3.43. The molecule has 0 rings (SSSR count). The average molecular weight is 257 g/mol. The molecule has 70 valence electrons. The van der Waals surface area contributed by atoms with E-state index in [1.54, 1.807) is 0 Å². The Balaban J connectivity index is -0.0000000178. The van der Waals surface area contributed by atoms with Crippen molar-refractivity contribution in [2.45, 2.75) is 0 Å². The van der Waals surface area contributed by atoms with Crippen LogP contribution in [-0.2, 0) is 9.36 Å². The second kappa shape index (κ2) is 20.9. The summed E-state index contributed by atoms with van der Waals surface area (Å²) in [5.41, 5.74) is 4.57. The van der Waals surface area contributed by atoms with Crippen molar-refractivity contribution in [2.75, 3.05) is 6.54 Å². The standard InChI is InChI=1S/C2H5NO2.3Na.H3O4P.H2O/c3-1-2(4)5;;;;1-5(2,3)4;/h1,3H2,(H,4,5);;;;(H3,1,2,3,4);1H2/q;3*+1;;/p-3. The van der Waals surface area contributed by atoms with Gasteiger partial charge in [0.2, 0.25) is 0 Å². The van der Waals surface area contributed by atoms with E-state index in [-0.39, 0.29) is 101 Å². The van der Waals surface area contributed by atoms with Crippen LogP contribution in [0.25, 0.3) is 0 Å². The molecule has 0 bridgehead atoms. The van der Waals surface area contributed by atoms with Crippen LogP contribution in [0, 0.1) is 0 Å². The van der Waals surface area contributed by atoms with E-state index < -0.39 is 13.8 Å². The Bertz CT molecular complexity index is 142. The number of carbonyl (C=O) groups is 1. The molecule has 0 aromatic heterocycles. The van der Waals surface area contributed by atoms with Crippen molar-refractivity contribution < 1.29 is 123 Å². The van der Waals surface area contributed by atoms with Crippen LogP contribution in [0.1, 0.15) is 0 Å². The van der Waals surface area contributed by atoms with Gasteiger partial charge in [0.05, 0.1) is 14.4 Å². The summed E-state index contributed by atoms with van der Waals surface area (Å²) in [6, 6.07) is 0. The maximum atomic E-state index is 9.24. The smallest absolute Gasteiger partial charge is 0.870 e. The molecule has 5 N–H and O–H groups in total. The number of phosphoric acid groups is 1. The summed E-state index contributed by atoms with van der Waals surface area (Å²) in [5.74, 6) is -0.968. The van der Waals surface area contributed by atoms with Crippen molar-refractivity contribution in [1.29, 1.82) is 0 Å². The Morgan fingerprint density at radius 2 is 1.36 bits per heavy atom.